The first-order valence-electron chi connectivity index (χ1n) is 12.2. The molecule has 0 spiro atoms. The summed E-state index contributed by atoms with van der Waals surface area (Å²) in [4.78, 5) is 27.6. The minimum atomic E-state index is -0.614. The molecule has 8 nitrogen and oxygen atoms in total. The molecule has 0 bridgehead atoms. The van der Waals surface area contributed by atoms with Crippen molar-refractivity contribution >= 4 is 23.6 Å². The Kier molecular flexibility index (Phi) is 7.45. The Morgan fingerprint density at radius 3 is 2.10 bits per heavy atom. The summed E-state index contributed by atoms with van der Waals surface area (Å²) in [5.41, 5.74) is 3.70. The minimum Gasteiger partial charge on any atom is -0.485 e. The van der Waals surface area contributed by atoms with Gasteiger partial charge in [-0.25, -0.2) is 9.79 Å². The number of nitro benzene ring substituents is 1. The van der Waals surface area contributed by atoms with Gasteiger partial charge in [0, 0.05) is 17.2 Å². The van der Waals surface area contributed by atoms with Gasteiger partial charge < -0.3 is 14.2 Å². The van der Waals surface area contributed by atoms with E-state index in [0.717, 1.165) is 11.1 Å². The summed E-state index contributed by atoms with van der Waals surface area (Å²) in [5, 5.41) is 11.1. The molecule has 1 aliphatic heterocycles. The van der Waals surface area contributed by atoms with Gasteiger partial charge in [0.2, 0.25) is 5.90 Å². The van der Waals surface area contributed by atoms with Gasteiger partial charge in [0.15, 0.2) is 17.2 Å². The highest BCUT2D eigenvalue weighted by Crippen LogP contribution is 2.32. The van der Waals surface area contributed by atoms with E-state index in [2.05, 4.69) is 4.99 Å². The largest absolute Gasteiger partial charge is 0.485 e. The van der Waals surface area contributed by atoms with Crippen LogP contribution in [0.4, 0.5) is 5.69 Å². The summed E-state index contributed by atoms with van der Waals surface area (Å²) in [7, 11) is 0. The number of hydrogen-bond donors (Lipinski definition) is 0. The number of hydrogen-bond acceptors (Lipinski definition) is 7. The fourth-order valence-electron chi connectivity index (χ4n) is 4.00. The summed E-state index contributed by atoms with van der Waals surface area (Å²) < 4.78 is 17.5. The normalized spacial score (nSPS) is 13.6. The van der Waals surface area contributed by atoms with E-state index in [4.69, 9.17) is 14.2 Å². The van der Waals surface area contributed by atoms with Crippen molar-refractivity contribution in [3.8, 4) is 11.5 Å². The molecule has 1 aliphatic rings. The fourth-order valence-corrected chi connectivity index (χ4v) is 4.00. The number of esters is 1. The third-order valence-electron chi connectivity index (χ3n) is 6.01. The van der Waals surface area contributed by atoms with Crippen LogP contribution in [0.5, 0.6) is 11.5 Å². The second-order valence-corrected chi connectivity index (χ2v) is 8.85. The summed E-state index contributed by atoms with van der Waals surface area (Å²) in [6, 6.07) is 29.4. The van der Waals surface area contributed by atoms with Crippen molar-refractivity contribution in [1.82, 2.24) is 0 Å². The molecule has 0 unspecified atom stereocenters. The van der Waals surface area contributed by atoms with Gasteiger partial charge in [-0.2, -0.15) is 0 Å². The highest BCUT2D eigenvalue weighted by molar-refractivity contribution is 6.13. The number of nitrogens with zero attached hydrogens (tertiary/aromatic N) is 2. The molecule has 0 aromatic heterocycles. The van der Waals surface area contributed by atoms with Gasteiger partial charge in [-0.1, -0.05) is 66.7 Å². The SMILES string of the molecule is Cc1cc(C2=N/C(=C\c3ccc(OCc4ccccc4)c(OCc4ccccc4)c3)C(=O)O2)ccc1[N+](=O)[O-]. The van der Waals surface area contributed by atoms with Gasteiger partial charge in [0.25, 0.3) is 5.69 Å². The fraction of sp³-hybridized carbons (Fsp3) is 0.0968. The molecule has 39 heavy (non-hydrogen) atoms. The first kappa shape index (κ1) is 25.4. The number of nitro groups is 1. The number of carbonyl (C=O) groups is 1. The van der Waals surface area contributed by atoms with Crippen molar-refractivity contribution in [2.45, 2.75) is 20.1 Å². The van der Waals surface area contributed by atoms with Crippen molar-refractivity contribution in [3.63, 3.8) is 0 Å². The van der Waals surface area contributed by atoms with Crippen LogP contribution >= 0.6 is 0 Å². The number of ether oxygens (including phenoxy) is 3. The minimum absolute atomic E-state index is 0.0166. The molecule has 194 valence electrons. The van der Waals surface area contributed by atoms with Crippen molar-refractivity contribution < 1.29 is 23.9 Å². The van der Waals surface area contributed by atoms with Crippen molar-refractivity contribution in [3.05, 3.63) is 141 Å². The highest BCUT2D eigenvalue weighted by Gasteiger charge is 2.25. The maximum absolute atomic E-state index is 12.6. The molecule has 0 N–H and O–H groups in total. The number of benzene rings is 4. The smallest absolute Gasteiger partial charge is 0.363 e. The van der Waals surface area contributed by atoms with Gasteiger partial charge >= 0.3 is 5.97 Å². The van der Waals surface area contributed by atoms with E-state index in [1.165, 1.54) is 12.1 Å². The van der Waals surface area contributed by atoms with Gasteiger partial charge in [0.05, 0.1) is 4.92 Å². The van der Waals surface area contributed by atoms with Crippen molar-refractivity contribution in [1.29, 1.82) is 0 Å². The van der Waals surface area contributed by atoms with Gasteiger partial charge in [-0.3, -0.25) is 10.1 Å². The third-order valence-corrected chi connectivity index (χ3v) is 6.01. The Labute approximate surface area is 225 Å². The van der Waals surface area contributed by atoms with Crippen LogP contribution in [-0.2, 0) is 22.7 Å². The van der Waals surface area contributed by atoms with Crippen LogP contribution in [0.2, 0.25) is 0 Å². The number of rotatable bonds is 9. The van der Waals surface area contributed by atoms with E-state index >= 15 is 0 Å². The quantitative estimate of drug-likeness (QED) is 0.109. The lowest BCUT2D eigenvalue weighted by Crippen LogP contribution is -2.06. The number of carbonyl (C=O) groups excluding carboxylic acids is 1. The van der Waals surface area contributed by atoms with Crippen LogP contribution in [0.25, 0.3) is 6.08 Å². The lowest BCUT2D eigenvalue weighted by Gasteiger charge is -2.14. The molecule has 0 saturated heterocycles. The monoisotopic (exact) mass is 520 g/mol. The number of aryl methyl sites for hydroxylation is 1. The molecular formula is C31H24N2O6. The first-order chi connectivity index (χ1) is 19.0. The van der Waals surface area contributed by atoms with Gasteiger partial charge in [0.1, 0.15) is 13.2 Å². The zero-order valence-electron chi connectivity index (χ0n) is 21.1. The molecule has 0 radical (unpaired) electrons. The van der Waals surface area contributed by atoms with Crippen LogP contribution in [0, 0.1) is 17.0 Å². The molecule has 4 aromatic rings. The van der Waals surface area contributed by atoms with Crippen molar-refractivity contribution in [2.75, 3.05) is 0 Å². The molecule has 0 saturated carbocycles. The maximum atomic E-state index is 12.6. The zero-order chi connectivity index (χ0) is 27.2. The van der Waals surface area contributed by atoms with Crippen LogP contribution in [0.1, 0.15) is 27.8 Å². The average Bonchev–Trinajstić information content (AvgIpc) is 3.32. The molecule has 8 heteroatoms. The highest BCUT2D eigenvalue weighted by atomic mass is 16.6. The summed E-state index contributed by atoms with van der Waals surface area (Å²) >= 11 is 0. The molecular weight excluding hydrogens is 496 g/mol. The van der Waals surface area contributed by atoms with Crippen LogP contribution in [0.15, 0.2) is 108 Å². The maximum Gasteiger partial charge on any atom is 0.363 e. The van der Waals surface area contributed by atoms with E-state index in [1.807, 2.05) is 60.7 Å². The van der Waals surface area contributed by atoms with Crippen LogP contribution < -0.4 is 9.47 Å². The van der Waals surface area contributed by atoms with Gasteiger partial charge in [-0.15, -0.1) is 0 Å². The molecule has 5 rings (SSSR count). The van der Waals surface area contributed by atoms with Crippen LogP contribution in [0.3, 0.4) is 0 Å². The molecule has 0 fully saturated rings. The Morgan fingerprint density at radius 2 is 1.49 bits per heavy atom. The topological polar surface area (TPSA) is 100 Å². The number of aliphatic imine (C=N–C) groups is 1. The lowest BCUT2D eigenvalue weighted by molar-refractivity contribution is -0.385. The van der Waals surface area contributed by atoms with Crippen LogP contribution in [-0.4, -0.2) is 16.8 Å². The molecule has 0 atom stereocenters. The van der Waals surface area contributed by atoms with Crippen molar-refractivity contribution in [2.24, 2.45) is 4.99 Å². The number of cyclic esters (lactones) is 1. The molecule has 0 aliphatic carbocycles. The predicted molar refractivity (Wildman–Crippen MR) is 146 cm³/mol. The summed E-state index contributed by atoms with van der Waals surface area (Å²) in [6.07, 6.45) is 1.60. The predicted octanol–water partition coefficient (Wildman–Crippen LogP) is 6.41. The first-order valence-corrected chi connectivity index (χ1v) is 12.2. The molecule has 1 heterocycles. The average molecular weight is 521 g/mol. The summed E-state index contributed by atoms with van der Waals surface area (Å²) in [5.74, 6) is 0.562. The Hall–Kier alpha value is -5.24. The lowest BCUT2D eigenvalue weighted by atomic mass is 10.1. The van der Waals surface area contributed by atoms with E-state index < -0.39 is 10.9 Å². The van der Waals surface area contributed by atoms with E-state index in [9.17, 15) is 14.9 Å². The van der Waals surface area contributed by atoms with E-state index in [-0.39, 0.29) is 17.3 Å². The standard InChI is InChI=1S/C31H24N2O6/c1-21-16-25(13-14-27(21)33(35)36)30-32-26(31(34)39-30)17-24-12-15-28(37-19-22-8-4-2-5-9-22)29(18-24)38-20-23-10-6-3-7-11-23/h2-18H,19-20H2,1H3/b26-17-. The Bertz CT molecular complexity index is 1580. The van der Waals surface area contributed by atoms with E-state index in [1.54, 1.807) is 37.3 Å². The molecule has 0 amide bonds. The second kappa shape index (κ2) is 11.4. The van der Waals surface area contributed by atoms with Gasteiger partial charge in [-0.05, 0) is 54.0 Å². The Balaban J connectivity index is 1.41. The molecule has 4 aromatic carbocycles. The second-order valence-electron chi connectivity index (χ2n) is 8.85. The summed E-state index contributed by atoms with van der Waals surface area (Å²) in [6.45, 7) is 2.33. The Morgan fingerprint density at radius 1 is 0.846 bits per heavy atom. The zero-order valence-corrected chi connectivity index (χ0v) is 21.1. The van der Waals surface area contributed by atoms with E-state index in [0.29, 0.717) is 41.4 Å². The third kappa shape index (κ3) is 6.19.